The van der Waals surface area contributed by atoms with Crippen LogP contribution in [0.25, 0.3) is 0 Å². The van der Waals surface area contributed by atoms with Crippen molar-refractivity contribution < 1.29 is 9.90 Å². The Labute approximate surface area is 190 Å². The molecule has 3 aliphatic rings. The maximum Gasteiger partial charge on any atom is 0.228 e. The van der Waals surface area contributed by atoms with Crippen LogP contribution in [0, 0.1) is 17.3 Å². The molecule has 1 aromatic heterocycles. The molecule has 1 aromatic carbocycles. The van der Waals surface area contributed by atoms with Crippen LogP contribution in [0.15, 0.2) is 36.5 Å². The van der Waals surface area contributed by atoms with Gasteiger partial charge in [-0.1, -0.05) is 45.0 Å². The molecule has 0 radical (unpaired) electrons. The van der Waals surface area contributed by atoms with Gasteiger partial charge in [-0.25, -0.2) is 0 Å². The van der Waals surface area contributed by atoms with Crippen molar-refractivity contribution in [2.24, 2.45) is 17.3 Å². The quantitative estimate of drug-likeness (QED) is 0.753. The highest BCUT2D eigenvalue weighted by Gasteiger charge is 2.55. The van der Waals surface area contributed by atoms with Gasteiger partial charge in [0.15, 0.2) is 5.82 Å². The number of carbonyl (C=O) groups is 1. The molecule has 3 fully saturated rings. The smallest absolute Gasteiger partial charge is 0.228 e. The van der Waals surface area contributed by atoms with Gasteiger partial charge in [0.1, 0.15) is 5.60 Å². The minimum Gasteiger partial charge on any atom is -0.380 e. The van der Waals surface area contributed by atoms with Gasteiger partial charge in [0, 0.05) is 37.0 Å². The summed E-state index contributed by atoms with van der Waals surface area (Å²) in [4.78, 5) is 16.7. The molecule has 170 valence electrons. The van der Waals surface area contributed by atoms with E-state index in [-0.39, 0.29) is 11.3 Å². The van der Waals surface area contributed by atoms with Crippen molar-refractivity contribution in [3.63, 3.8) is 0 Å². The summed E-state index contributed by atoms with van der Waals surface area (Å²) in [6.07, 6.45) is 4.73. The molecule has 2 unspecified atom stereocenters. The number of aliphatic hydroxyl groups is 1. The molecule has 3 heterocycles. The Kier molecular flexibility index (Phi) is 5.13. The first-order valence-corrected chi connectivity index (χ1v) is 11.9. The van der Waals surface area contributed by atoms with Crippen LogP contribution >= 0.6 is 0 Å². The minimum atomic E-state index is -1.22. The van der Waals surface area contributed by atoms with E-state index in [1.165, 1.54) is 18.4 Å². The summed E-state index contributed by atoms with van der Waals surface area (Å²) < 4.78 is 0. The first-order valence-electron chi connectivity index (χ1n) is 11.9. The maximum atomic E-state index is 12.7. The third-order valence-electron chi connectivity index (χ3n) is 7.89. The number of hydrogen-bond donors (Lipinski definition) is 1. The molecule has 2 aromatic rings. The van der Waals surface area contributed by atoms with Crippen molar-refractivity contribution in [2.45, 2.75) is 51.6 Å². The standard InChI is InChI=1S/C26H34N4O2/c1-17(2)18-7-9-21(10-8-18)26(32,25(3)15-29(4)16-25)22-12-23(28-27-13-22)30-14-20(11-24(30)31)19-5-6-19/h7-10,12-13,17,19-20,32H,5-6,11,14-16H2,1-4H3. The molecule has 1 saturated carbocycles. The van der Waals surface area contributed by atoms with E-state index in [1.54, 1.807) is 11.1 Å². The van der Waals surface area contributed by atoms with Crippen LogP contribution in [0.3, 0.4) is 0 Å². The molecule has 2 saturated heterocycles. The highest BCUT2D eigenvalue weighted by Crippen LogP contribution is 2.50. The number of nitrogens with zero attached hydrogens (tertiary/aromatic N) is 4. The van der Waals surface area contributed by atoms with Crippen molar-refractivity contribution in [2.75, 3.05) is 31.6 Å². The van der Waals surface area contributed by atoms with Gasteiger partial charge in [0.05, 0.1) is 6.20 Å². The molecule has 6 heteroatoms. The molecule has 0 bridgehead atoms. The Hall–Kier alpha value is -2.31. The second kappa shape index (κ2) is 7.63. The molecule has 0 spiro atoms. The SMILES string of the molecule is CC(C)c1ccc(C(O)(c2cnnc(N3CC(C4CC4)CC3=O)c2)C2(C)CN(C)C2)cc1. The average Bonchev–Trinajstić information content (AvgIpc) is 3.54. The summed E-state index contributed by atoms with van der Waals surface area (Å²) in [6.45, 7) is 8.74. The predicted octanol–water partition coefficient (Wildman–Crippen LogP) is 3.55. The van der Waals surface area contributed by atoms with Crippen LogP contribution in [0.1, 0.15) is 62.6 Å². The van der Waals surface area contributed by atoms with Crippen molar-refractivity contribution >= 4 is 11.7 Å². The fraction of sp³-hybridized carbons (Fsp3) is 0.577. The van der Waals surface area contributed by atoms with E-state index >= 15 is 0 Å². The van der Waals surface area contributed by atoms with E-state index < -0.39 is 5.60 Å². The number of anilines is 1. The Morgan fingerprint density at radius 1 is 1.12 bits per heavy atom. The summed E-state index contributed by atoms with van der Waals surface area (Å²) in [7, 11) is 2.07. The van der Waals surface area contributed by atoms with Gasteiger partial charge in [0.25, 0.3) is 0 Å². The van der Waals surface area contributed by atoms with Crippen LogP contribution in [0.5, 0.6) is 0 Å². The van der Waals surface area contributed by atoms with Crippen LogP contribution < -0.4 is 4.90 Å². The van der Waals surface area contributed by atoms with Gasteiger partial charge in [-0.3, -0.25) is 9.69 Å². The minimum absolute atomic E-state index is 0.118. The molecule has 1 amide bonds. The van der Waals surface area contributed by atoms with Gasteiger partial charge < -0.3 is 10.0 Å². The van der Waals surface area contributed by atoms with E-state index in [1.807, 2.05) is 18.2 Å². The van der Waals surface area contributed by atoms with Gasteiger partial charge in [-0.05, 0) is 54.8 Å². The zero-order valence-corrected chi connectivity index (χ0v) is 19.6. The maximum absolute atomic E-state index is 12.7. The molecule has 2 atom stereocenters. The van der Waals surface area contributed by atoms with Gasteiger partial charge >= 0.3 is 0 Å². The predicted molar refractivity (Wildman–Crippen MR) is 124 cm³/mol. The molecule has 6 nitrogen and oxygen atoms in total. The zero-order chi connectivity index (χ0) is 22.7. The molecule has 1 aliphatic carbocycles. The zero-order valence-electron chi connectivity index (χ0n) is 19.6. The third-order valence-corrected chi connectivity index (χ3v) is 7.89. The summed E-state index contributed by atoms with van der Waals surface area (Å²) in [5.74, 6) is 2.21. The van der Waals surface area contributed by atoms with Crippen LogP contribution in [-0.2, 0) is 10.4 Å². The number of likely N-dealkylation sites (tertiary alicyclic amines) is 1. The van der Waals surface area contributed by atoms with Crippen molar-refractivity contribution in [3.05, 3.63) is 53.2 Å². The first kappa shape index (κ1) is 21.5. The Balaban J connectivity index is 1.54. The van der Waals surface area contributed by atoms with Crippen molar-refractivity contribution in [1.29, 1.82) is 0 Å². The number of amides is 1. The van der Waals surface area contributed by atoms with Crippen LogP contribution in [0.4, 0.5) is 5.82 Å². The second-order valence-electron chi connectivity index (χ2n) is 10.8. The lowest BCUT2D eigenvalue weighted by atomic mass is 9.62. The van der Waals surface area contributed by atoms with Crippen molar-refractivity contribution in [3.8, 4) is 0 Å². The molecular weight excluding hydrogens is 400 g/mol. The number of hydrogen-bond acceptors (Lipinski definition) is 5. The van der Waals surface area contributed by atoms with Crippen LogP contribution in [0.2, 0.25) is 0 Å². The fourth-order valence-electron chi connectivity index (χ4n) is 5.87. The molecule has 32 heavy (non-hydrogen) atoms. The highest BCUT2D eigenvalue weighted by atomic mass is 16.3. The summed E-state index contributed by atoms with van der Waals surface area (Å²) in [6, 6.07) is 10.2. The molecule has 1 N–H and O–H groups in total. The third kappa shape index (κ3) is 3.44. The Morgan fingerprint density at radius 2 is 1.81 bits per heavy atom. The Bertz CT molecular complexity index is 1010. The van der Waals surface area contributed by atoms with E-state index in [2.05, 4.69) is 55.0 Å². The first-order chi connectivity index (χ1) is 15.2. The fourth-order valence-corrected chi connectivity index (χ4v) is 5.87. The number of benzene rings is 1. The van der Waals surface area contributed by atoms with Gasteiger partial charge in [0.2, 0.25) is 5.91 Å². The van der Waals surface area contributed by atoms with Crippen LogP contribution in [-0.4, -0.2) is 52.8 Å². The van der Waals surface area contributed by atoms with E-state index in [4.69, 9.17) is 0 Å². The van der Waals surface area contributed by atoms with Gasteiger partial charge in [-0.15, -0.1) is 5.10 Å². The average molecular weight is 435 g/mol. The lowest BCUT2D eigenvalue weighted by Crippen LogP contribution is -2.63. The molecular formula is C26H34N4O2. The van der Waals surface area contributed by atoms with E-state index in [0.717, 1.165) is 18.7 Å². The topological polar surface area (TPSA) is 69.6 Å². The lowest BCUT2D eigenvalue weighted by Gasteiger charge is -2.55. The molecule has 5 rings (SSSR count). The monoisotopic (exact) mass is 434 g/mol. The second-order valence-corrected chi connectivity index (χ2v) is 10.8. The van der Waals surface area contributed by atoms with Crippen molar-refractivity contribution in [1.82, 2.24) is 15.1 Å². The Morgan fingerprint density at radius 3 is 2.41 bits per heavy atom. The molecule has 2 aliphatic heterocycles. The van der Waals surface area contributed by atoms with E-state index in [0.29, 0.717) is 42.1 Å². The number of carbonyl (C=O) groups excluding carboxylic acids is 1. The largest absolute Gasteiger partial charge is 0.380 e. The van der Waals surface area contributed by atoms with E-state index in [9.17, 15) is 9.90 Å². The highest BCUT2D eigenvalue weighted by molar-refractivity contribution is 5.94. The summed E-state index contributed by atoms with van der Waals surface area (Å²) in [5, 5.41) is 20.9. The summed E-state index contributed by atoms with van der Waals surface area (Å²) >= 11 is 0. The lowest BCUT2D eigenvalue weighted by molar-refractivity contribution is -0.127. The normalized spacial score (nSPS) is 25.1. The number of rotatable bonds is 6. The summed E-state index contributed by atoms with van der Waals surface area (Å²) in [5.41, 5.74) is 1.22. The number of aromatic nitrogens is 2. The van der Waals surface area contributed by atoms with Gasteiger partial charge in [-0.2, -0.15) is 5.10 Å².